The van der Waals surface area contributed by atoms with Crippen LogP contribution in [0.15, 0.2) is 0 Å². The number of hydrogen-bond acceptors (Lipinski definition) is 2. The van der Waals surface area contributed by atoms with Crippen LogP contribution >= 0.6 is 0 Å². The molecule has 0 saturated heterocycles. The third-order valence-corrected chi connectivity index (χ3v) is 4.03. The summed E-state index contributed by atoms with van der Waals surface area (Å²) in [6.45, 7) is 0.184. The minimum absolute atomic E-state index is 0.108. The maximum absolute atomic E-state index is 10.3. The van der Waals surface area contributed by atoms with Crippen molar-refractivity contribution in [3.8, 4) is 0 Å². The van der Waals surface area contributed by atoms with Gasteiger partial charge >= 0.3 is 0 Å². The van der Waals surface area contributed by atoms with Crippen LogP contribution < -0.4 is 0 Å². The highest BCUT2D eigenvalue weighted by atomic mass is 16.3. The zero-order valence-corrected chi connectivity index (χ0v) is 7.55. The van der Waals surface area contributed by atoms with E-state index in [-0.39, 0.29) is 12.0 Å². The molecule has 2 aliphatic rings. The van der Waals surface area contributed by atoms with E-state index < -0.39 is 5.60 Å². The summed E-state index contributed by atoms with van der Waals surface area (Å²) in [7, 11) is 0. The molecular weight excluding hydrogens is 152 g/mol. The SMILES string of the molecule is OCC1(C2(O)CCCC2)CCC1. The van der Waals surface area contributed by atoms with E-state index in [9.17, 15) is 10.2 Å². The highest BCUT2D eigenvalue weighted by Gasteiger charge is 2.54. The van der Waals surface area contributed by atoms with Gasteiger partial charge in [-0.05, 0) is 25.7 Å². The average Bonchev–Trinajstić information content (AvgIpc) is 2.35. The summed E-state index contributed by atoms with van der Waals surface area (Å²) >= 11 is 0. The molecule has 0 atom stereocenters. The first-order chi connectivity index (χ1) is 5.72. The van der Waals surface area contributed by atoms with Crippen LogP contribution in [-0.4, -0.2) is 22.4 Å². The molecule has 0 spiro atoms. The number of rotatable bonds is 2. The molecule has 0 aliphatic heterocycles. The maximum atomic E-state index is 10.3. The fourth-order valence-electron chi connectivity index (χ4n) is 2.86. The Morgan fingerprint density at radius 2 is 1.50 bits per heavy atom. The molecule has 0 aromatic heterocycles. The molecule has 0 heterocycles. The molecule has 0 aromatic carbocycles. The third kappa shape index (κ3) is 0.944. The van der Waals surface area contributed by atoms with Crippen molar-refractivity contribution in [1.82, 2.24) is 0 Å². The summed E-state index contributed by atoms with van der Waals surface area (Å²) in [6.07, 6.45) is 7.33. The van der Waals surface area contributed by atoms with Gasteiger partial charge in [0.05, 0.1) is 12.2 Å². The van der Waals surface area contributed by atoms with E-state index >= 15 is 0 Å². The lowest BCUT2D eigenvalue weighted by molar-refractivity contribution is -0.146. The predicted molar refractivity (Wildman–Crippen MR) is 46.8 cm³/mol. The Morgan fingerprint density at radius 1 is 0.917 bits per heavy atom. The van der Waals surface area contributed by atoms with E-state index in [1.165, 1.54) is 6.42 Å². The van der Waals surface area contributed by atoms with Crippen molar-refractivity contribution in [3.63, 3.8) is 0 Å². The molecule has 0 aromatic rings. The molecule has 0 bridgehead atoms. The quantitative estimate of drug-likeness (QED) is 0.658. The summed E-state index contributed by atoms with van der Waals surface area (Å²) < 4.78 is 0. The van der Waals surface area contributed by atoms with Gasteiger partial charge in [0.15, 0.2) is 0 Å². The minimum Gasteiger partial charge on any atom is -0.396 e. The van der Waals surface area contributed by atoms with Gasteiger partial charge in [-0.15, -0.1) is 0 Å². The van der Waals surface area contributed by atoms with Gasteiger partial charge < -0.3 is 10.2 Å². The van der Waals surface area contributed by atoms with Gasteiger partial charge in [-0.2, -0.15) is 0 Å². The topological polar surface area (TPSA) is 40.5 Å². The first-order valence-electron chi connectivity index (χ1n) is 5.06. The van der Waals surface area contributed by atoms with Crippen LogP contribution in [-0.2, 0) is 0 Å². The Kier molecular flexibility index (Phi) is 1.92. The van der Waals surface area contributed by atoms with Crippen LogP contribution in [0.1, 0.15) is 44.9 Å². The molecule has 2 nitrogen and oxygen atoms in total. The minimum atomic E-state index is -0.514. The van der Waals surface area contributed by atoms with Gasteiger partial charge in [-0.25, -0.2) is 0 Å². The molecule has 0 unspecified atom stereocenters. The summed E-state index contributed by atoms with van der Waals surface area (Å²) in [5, 5.41) is 19.6. The Morgan fingerprint density at radius 3 is 1.83 bits per heavy atom. The molecule has 0 amide bonds. The van der Waals surface area contributed by atoms with Crippen LogP contribution in [0.2, 0.25) is 0 Å². The van der Waals surface area contributed by atoms with Crippen molar-refractivity contribution in [2.75, 3.05) is 6.61 Å². The normalized spacial score (nSPS) is 31.5. The van der Waals surface area contributed by atoms with Gasteiger partial charge in [-0.1, -0.05) is 19.3 Å². The van der Waals surface area contributed by atoms with Gasteiger partial charge in [0.1, 0.15) is 0 Å². The number of hydrogen-bond donors (Lipinski definition) is 2. The zero-order chi connectivity index (χ0) is 8.66. The van der Waals surface area contributed by atoms with Crippen LogP contribution in [0.5, 0.6) is 0 Å². The van der Waals surface area contributed by atoms with Crippen molar-refractivity contribution in [1.29, 1.82) is 0 Å². The maximum Gasteiger partial charge on any atom is 0.0725 e. The van der Waals surface area contributed by atoms with Crippen molar-refractivity contribution < 1.29 is 10.2 Å². The van der Waals surface area contributed by atoms with Gasteiger partial charge in [0, 0.05) is 5.41 Å². The smallest absolute Gasteiger partial charge is 0.0725 e. The largest absolute Gasteiger partial charge is 0.396 e. The molecule has 2 rings (SSSR count). The van der Waals surface area contributed by atoms with E-state index in [1.54, 1.807) is 0 Å². The molecule has 2 aliphatic carbocycles. The van der Waals surface area contributed by atoms with Crippen LogP contribution in [0.4, 0.5) is 0 Å². The molecule has 12 heavy (non-hydrogen) atoms. The van der Waals surface area contributed by atoms with Gasteiger partial charge in [0.25, 0.3) is 0 Å². The predicted octanol–water partition coefficient (Wildman–Crippen LogP) is 1.45. The molecule has 2 N–H and O–H groups in total. The lowest BCUT2D eigenvalue weighted by Gasteiger charge is -2.51. The van der Waals surface area contributed by atoms with Crippen LogP contribution in [0.3, 0.4) is 0 Å². The van der Waals surface area contributed by atoms with Crippen LogP contribution in [0, 0.1) is 5.41 Å². The highest BCUT2D eigenvalue weighted by molar-refractivity contribution is 5.05. The monoisotopic (exact) mass is 170 g/mol. The second kappa shape index (κ2) is 2.71. The summed E-state index contributed by atoms with van der Waals surface area (Å²) in [5.74, 6) is 0. The fraction of sp³-hybridized carbons (Fsp3) is 1.00. The molecule has 0 radical (unpaired) electrons. The molecular formula is C10H18O2. The van der Waals surface area contributed by atoms with E-state index in [0.29, 0.717) is 0 Å². The lowest BCUT2D eigenvalue weighted by Crippen LogP contribution is -2.53. The Hall–Kier alpha value is -0.0800. The first kappa shape index (κ1) is 8.52. The summed E-state index contributed by atoms with van der Waals surface area (Å²) in [6, 6.07) is 0. The van der Waals surface area contributed by atoms with Crippen LogP contribution in [0.25, 0.3) is 0 Å². The zero-order valence-electron chi connectivity index (χ0n) is 7.55. The summed E-state index contributed by atoms with van der Waals surface area (Å²) in [5.41, 5.74) is -0.622. The Bertz CT molecular complexity index is 161. The van der Waals surface area contributed by atoms with Gasteiger partial charge in [-0.3, -0.25) is 0 Å². The molecule has 2 fully saturated rings. The van der Waals surface area contributed by atoms with E-state index in [1.807, 2.05) is 0 Å². The first-order valence-corrected chi connectivity index (χ1v) is 5.06. The van der Waals surface area contributed by atoms with E-state index in [2.05, 4.69) is 0 Å². The standard InChI is InChI=1S/C10H18O2/c11-8-9(4-3-5-9)10(12)6-1-2-7-10/h11-12H,1-8H2. The van der Waals surface area contributed by atoms with Crippen molar-refractivity contribution >= 4 is 0 Å². The van der Waals surface area contributed by atoms with Crippen molar-refractivity contribution in [2.45, 2.75) is 50.5 Å². The fourth-order valence-corrected chi connectivity index (χ4v) is 2.86. The average molecular weight is 170 g/mol. The van der Waals surface area contributed by atoms with E-state index in [0.717, 1.165) is 38.5 Å². The number of aliphatic hydroxyl groups excluding tert-OH is 1. The third-order valence-electron chi connectivity index (χ3n) is 4.03. The molecule has 70 valence electrons. The second-order valence-electron chi connectivity index (χ2n) is 4.53. The van der Waals surface area contributed by atoms with E-state index in [4.69, 9.17) is 0 Å². The molecule has 2 heteroatoms. The van der Waals surface area contributed by atoms with Gasteiger partial charge in [0.2, 0.25) is 0 Å². The van der Waals surface area contributed by atoms with Crippen molar-refractivity contribution in [2.24, 2.45) is 5.41 Å². The highest BCUT2D eigenvalue weighted by Crippen LogP contribution is 2.54. The number of aliphatic hydroxyl groups is 2. The molecule has 2 saturated carbocycles. The lowest BCUT2D eigenvalue weighted by atomic mass is 9.58. The second-order valence-corrected chi connectivity index (χ2v) is 4.53. The van der Waals surface area contributed by atoms with Crippen molar-refractivity contribution in [3.05, 3.63) is 0 Å². The Balaban J connectivity index is 2.14. The Labute approximate surface area is 73.6 Å². The summed E-state index contributed by atoms with van der Waals surface area (Å²) in [4.78, 5) is 0.